The second kappa shape index (κ2) is 8.74. The summed E-state index contributed by atoms with van der Waals surface area (Å²) in [7, 11) is 1.60. The molecular weight excluding hydrogens is 397 g/mol. The van der Waals surface area contributed by atoms with Crippen LogP contribution in [0.25, 0.3) is 16.9 Å². The fourth-order valence-electron chi connectivity index (χ4n) is 3.15. The van der Waals surface area contributed by atoms with E-state index in [4.69, 9.17) is 4.74 Å². The predicted molar refractivity (Wildman–Crippen MR) is 113 cm³/mol. The highest BCUT2D eigenvalue weighted by Crippen LogP contribution is 2.26. The SMILES string of the molecule is COc1ccc(CNC(=O)c2nnn(-c3ccc(F)c(C)c3)c2-c2ccncc2)cc1. The number of aryl methyl sites for hydroxylation is 1. The van der Waals surface area contributed by atoms with Gasteiger partial charge in [-0.3, -0.25) is 9.78 Å². The molecule has 0 saturated heterocycles. The molecule has 0 unspecified atom stereocenters. The molecule has 2 aromatic carbocycles. The van der Waals surface area contributed by atoms with E-state index in [9.17, 15) is 9.18 Å². The van der Waals surface area contributed by atoms with Crippen molar-refractivity contribution in [2.75, 3.05) is 7.11 Å². The van der Waals surface area contributed by atoms with E-state index in [1.807, 2.05) is 24.3 Å². The number of pyridine rings is 1. The van der Waals surface area contributed by atoms with Gasteiger partial charge in [-0.1, -0.05) is 17.3 Å². The summed E-state index contributed by atoms with van der Waals surface area (Å²) in [5, 5.41) is 11.2. The molecule has 0 fully saturated rings. The highest BCUT2D eigenvalue weighted by molar-refractivity contribution is 5.98. The van der Waals surface area contributed by atoms with Gasteiger partial charge in [0.05, 0.1) is 12.8 Å². The summed E-state index contributed by atoms with van der Waals surface area (Å²) in [5.74, 6) is 0.0621. The van der Waals surface area contributed by atoms with Crippen molar-refractivity contribution in [3.63, 3.8) is 0 Å². The fraction of sp³-hybridized carbons (Fsp3) is 0.130. The molecule has 0 spiro atoms. The van der Waals surface area contributed by atoms with Crippen LogP contribution in [0.2, 0.25) is 0 Å². The number of hydrogen-bond acceptors (Lipinski definition) is 5. The van der Waals surface area contributed by atoms with Crippen LogP contribution in [-0.2, 0) is 6.54 Å². The van der Waals surface area contributed by atoms with Gasteiger partial charge in [0, 0.05) is 24.5 Å². The number of benzene rings is 2. The molecule has 4 aromatic rings. The van der Waals surface area contributed by atoms with E-state index in [1.54, 1.807) is 50.7 Å². The maximum Gasteiger partial charge on any atom is 0.274 e. The first kappa shape index (κ1) is 20.2. The Morgan fingerprint density at radius 3 is 2.52 bits per heavy atom. The number of methoxy groups -OCH3 is 1. The second-order valence-electron chi connectivity index (χ2n) is 6.90. The summed E-state index contributed by atoms with van der Waals surface area (Å²) < 4.78 is 20.4. The number of halogens is 1. The van der Waals surface area contributed by atoms with Gasteiger partial charge in [0.15, 0.2) is 5.69 Å². The summed E-state index contributed by atoms with van der Waals surface area (Å²) >= 11 is 0. The van der Waals surface area contributed by atoms with Gasteiger partial charge in [-0.25, -0.2) is 9.07 Å². The normalized spacial score (nSPS) is 10.7. The van der Waals surface area contributed by atoms with Crippen LogP contribution in [0.15, 0.2) is 67.0 Å². The largest absolute Gasteiger partial charge is 0.497 e. The van der Waals surface area contributed by atoms with Crippen LogP contribution < -0.4 is 10.1 Å². The third-order valence-electron chi connectivity index (χ3n) is 4.84. The zero-order chi connectivity index (χ0) is 21.8. The fourth-order valence-corrected chi connectivity index (χ4v) is 3.15. The van der Waals surface area contributed by atoms with Crippen molar-refractivity contribution in [1.29, 1.82) is 0 Å². The lowest BCUT2D eigenvalue weighted by Gasteiger charge is -2.10. The zero-order valence-electron chi connectivity index (χ0n) is 17.0. The quantitative estimate of drug-likeness (QED) is 0.517. The predicted octanol–water partition coefficient (Wildman–Crippen LogP) is 3.72. The van der Waals surface area contributed by atoms with Crippen LogP contribution >= 0.6 is 0 Å². The number of hydrogen-bond donors (Lipinski definition) is 1. The zero-order valence-corrected chi connectivity index (χ0v) is 17.0. The summed E-state index contributed by atoms with van der Waals surface area (Å²) in [6.07, 6.45) is 3.25. The highest BCUT2D eigenvalue weighted by atomic mass is 19.1. The molecule has 1 N–H and O–H groups in total. The third-order valence-corrected chi connectivity index (χ3v) is 4.84. The van der Waals surface area contributed by atoms with E-state index >= 15 is 0 Å². The van der Waals surface area contributed by atoms with Crippen LogP contribution in [0, 0.1) is 12.7 Å². The molecule has 31 heavy (non-hydrogen) atoms. The molecule has 2 heterocycles. The van der Waals surface area contributed by atoms with Crippen LogP contribution in [-0.4, -0.2) is 33.0 Å². The first-order chi connectivity index (χ1) is 15.1. The lowest BCUT2D eigenvalue weighted by molar-refractivity contribution is 0.0946. The monoisotopic (exact) mass is 417 g/mol. The van der Waals surface area contributed by atoms with Crippen molar-refractivity contribution in [2.45, 2.75) is 13.5 Å². The topological polar surface area (TPSA) is 81.9 Å². The average molecular weight is 417 g/mol. The van der Waals surface area contributed by atoms with Gasteiger partial charge in [0.1, 0.15) is 17.3 Å². The number of carbonyl (C=O) groups excluding carboxylic acids is 1. The molecule has 0 radical (unpaired) electrons. The Kier molecular flexibility index (Phi) is 5.70. The summed E-state index contributed by atoms with van der Waals surface area (Å²) in [5.41, 5.74) is 3.38. The van der Waals surface area contributed by atoms with E-state index in [0.29, 0.717) is 23.5 Å². The molecule has 8 heteroatoms. The van der Waals surface area contributed by atoms with Crippen molar-refractivity contribution >= 4 is 5.91 Å². The van der Waals surface area contributed by atoms with Crippen LogP contribution in [0.3, 0.4) is 0 Å². The summed E-state index contributed by atoms with van der Waals surface area (Å²) in [4.78, 5) is 17.0. The van der Waals surface area contributed by atoms with Crippen LogP contribution in [0.1, 0.15) is 21.6 Å². The summed E-state index contributed by atoms with van der Waals surface area (Å²) in [6, 6.07) is 15.6. The van der Waals surface area contributed by atoms with Crippen molar-refractivity contribution < 1.29 is 13.9 Å². The van der Waals surface area contributed by atoms with Crippen LogP contribution in [0.5, 0.6) is 5.75 Å². The van der Waals surface area contributed by atoms with E-state index in [-0.39, 0.29) is 17.4 Å². The number of amides is 1. The van der Waals surface area contributed by atoms with Crippen LogP contribution in [0.4, 0.5) is 4.39 Å². The van der Waals surface area contributed by atoms with Gasteiger partial charge < -0.3 is 10.1 Å². The van der Waals surface area contributed by atoms with E-state index < -0.39 is 0 Å². The number of rotatable bonds is 6. The van der Waals surface area contributed by atoms with Crippen molar-refractivity contribution in [1.82, 2.24) is 25.3 Å². The molecule has 4 rings (SSSR count). The van der Waals surface area contributed by atoms with E-state index in [1.165, 1.54) is 10.7 Å². The van der Waals surface area contributed by atoms with Crippen molar-refractivity contribution in [3.05, 3.63) is 89.6 Å². The first-order valence-electron chi connectivity index (χ1n) is 9.60. The molecule has 0 saturated carbocycles. The number of nitrogens with one attached hydrogen (secondary N) is 1. The molecular formula is C23H20FN5O2. The smallest absolute Gasteiger partial charge is 0.274 e. The number of nitrogens with zero attached hydrogens (tertiary/aromatic N) is 4. The van der Waals surface area contributed by atoms with Gasteiger partial charge in [0.25, 0.3) is 5.91 Å². The minimum atomic E-state index is -0.368. The molecule has 0 aliphatic heterocycles. The third kappa shape index (κ3) is 4.28. The summed E-state index contributed by atoms with van der Waals surface area (Å²) in [6.45, 7) is 1.99. The van der Waals surface area contributed by atoms with Gasteiger partial charge in [-0.2, -0.15) is 0 Å². The molecule has 0 aliphatic carbocycles. The molecule has 1 amide bonds. The lowest BCUT2D eigenvalue weighted by Crippen LogP contribution is -2.24. The average Bonchev–Trinajstić information content (AvgIpc) is 3.25. The maximum absolute atomic E-state index is 13.8. The second-order valence-corrected chi connectivity index (χ2v) is 6.90. The lowest BCUT2D eigenvalue weighted by atomic mass is 10.1. The molecule has 0 aliphatic rings. The number of aromatic nitrogens is 4. The highest BCUT2D eigenvalue weighted by Gasteiger charge is 2.22. The number of ether oxygens (including phenoxy) is 1. The molecule has 7 nitrogen and oxygen atoms in total. The van der Waals surface area contributed by atoms with E-state index in [0.717, 1.165) is 16.9 Å². The Morgan fingerprint density at radius 2 is 1.84 bits per heavy atom. The first-order valence-corrected chi connectivity index (χ1v) is 9.60. The minimum Gasteiger partial charge on any atom is -0.497 e. The van der Waals surface area contributed by atoms with Gasteiger partial charge in [0.2, 0.25) is 0 Å². The van der Waals surface area contributed by atoms with E-state index in [2.05, 4.69) is 20.6 Å². The standard InChI is InChI=1S/C23H20FN5O2/c1-15-13-18(5-8-20(15)24)29-22(17-9-11-25-12-10-17)21(27-28-29)23(30)26-14-16-3-6-19(31-2)7-4-16/h3-13H,14H2,1-2H3,(H,26,30). The minimum absolute atomic E-state index is 0.168. The Labute approximate surface area is 178 Å². The Hall–Kier alpha value is -4.07. The molecule has 0 bridgehead atoms. The number of carbonyl (C=O) groups is 1. The molecule has 2 aromatic heterocycles. The maximum atomic E-state index is 13.8. The Morgan fingerprint density at radius 1 is 1.10 bits per heavy atom. The Balaban J connectivity index is 1.67. The van der Waals surface area contributed by atoms with Gasteiger partial charge >= 0.3 is 0 Å². The van der Waals surface area contributed by atoms with Gasteiger partial charge in [-0.05, 0) is 60.5 Å². The van der Waals surface area contributed by atoms with Crippen molar-refractivity contribution in [3.8, 4) is 22.7 Å². The molecule has 156 valence electrons. The molecule has 0 atom stereocenters. The Bertz CT molecular complexity index is 1210. The van der Waals surface area contributed by atoms with Gasteiger partial charge in [-0.15, -0.1) is 5.10 Å². The van der Waals surface area contributed by atoms with Crippen molar-refractivity contribution in [2.24, 2.45) is 0 Å².